The lowest BCUT2D eigenvalue weighted by molar-refractivity contribution is 0.255. The van der Waals surface area contributed by atoms with Crippen LogP contribution >= 0.6 is 15.9 Å². The molecule has 1 heterocycles. The van der Waals surface area contributed by atoms with E-state index in [-0.39, 0.29) is 0 Å². The summed E-state index contributed by atoms with van der Waals surface area (Å²) in [4.78, 5) is 0. The summed E-state index contributed by atoms with van der Waals surface area (Å²) < 4.78 is 3.19. The molecule has 4 heteroatoms. The van der Waals surface area contributed by atoms with Gasteiger partial charge in [0.1, 0.15) is 0 Å². The zero-order valence-corrected chi connectivity index (χ0v) is 14.4. The Morgan fingerprint density at radius 1 is 1.43 bits per heavy atom. The molecular formula is C17H22BrN3. The Morgan fingerprint density at radius 3 is 2.95 bits per heavy atom. The van der Waals surface area contributed by atoms with Gasteiger partial charge in [-0.3, -0.25) is 0 Å². The molecule has 0 saturated heterocycles. The van der Waals surface area contributed by atoms with Crippen molar-refractivity contribution in [2.24, 2.45) is 5.41 Å². The molecule has 1 aromatic heterocycles. The van der Waals surface area contributed by atoms with Crippen molar-refractivity contribution < 1.29 is 0 Å². The van der Waals surface area contributed by atoms with Crippen LogP contribution < -0.4 is 5.32 Å². The second-order valence-electron chi connectivity index (χ2n) is 6.59. The van der Waals surface area contributed by atoms with Crippen LogP contribution in [0.1, 0.15) is 44.5 Å². The van der Waals surface area contributed by atoms with Gasteiger partial charge in [0, 0.05) is 21.8 Å². The maximum absolute atomic E-state index is 4.66. The average molecular weight is 348 g/mol. The molecule has 2 aromatic rings. The molecule has 1 unspecified atom stereocenters. The lowest BCUT2D eigenvalue weighted by Gasteiger charge is -2.36. The fourth-order valence-corrected chi connectivity index (χ4v) is 3.69. The Hall–Kier alpha value is -1.13. The van der Waals surface area contributed by atoms with E-state index in [4.69, 9.17) is 0 Å². The Balaban J connectivity index is 2.07. The minimum Gasteiger partial charge on any atom is -0.310 e. The van der Waals surface area contributed by atoms with Crippen LogP contribution in [0.15, 0.2) is 34.9 Å². The van der Waals surface area contributed by atoms with E-state index in [1.54, 1.807) is 0 Å². The molecule has 0 aliphatic heterocycles. The number of nitrogens with one attached hydrogen (secondary N) is 1. The fourth-order valence-electron chi connectivity index (χ4n) is 3.30. The molecule has 3 rings (SSSR count). The summed E-state index contributed by atoms with van der Waals surface area (Å²) in [5.41, 5.74) is 4.12. The summed E-state index contributed by atoms with van der Waals surface area (Å²) in [6.45, 7) is 7.85. The fraction of sp³-hybridized carbons (Fsp3) is 0.471. The third-order valence-corrected chi connectivity index (χ3v) is 4.68. The van der Waals surface area contributed by atoms with Gasteiger partial charge in [0.05, 0.1) is 11.9 Å². The second kappa shape index (κ2) is 5.58. The van der Waals surface area contributed by atoms with Gasteiger partial charge < -0.3 is 5.32 Å². The first kappa shape index (κ1) is 14.8. The highest BCUT2D eigenvalue weighted by Gasteiger charge is 2.34. The Morgan fingerprint density at radius 2 is 2.24 bits per heavy atom. The van der Waals surface area contributed by atoms with Crippen molar-refractivity contribution in [3.8, 4) is 5.69 Å². The second-order valence-corrected chi connectivity index (χ2v) is 7.51. The van der Waals surface area contributed by atoms with Crippen molar-refractivity contribution in [3.63, 3.8) is 0 Å². The Kier molecular flexibility index (Phi) is 3.93. The number of rotatable bonds is 3. The number of hydrogen-bond acceptors (Lipinski definition) is 2. The van der Waals surface area contributed by atoms with Crippen LogP contribution in [0.5, 0.6) is 0 Å². The lowest BCUT2D eigenvalue weighted by atomic mass is 9.74. The van der Waals surface area contributed by atoms with Gasteiger partial charge in [-0.25, -0.2) is 4.68 Å². The van der Waals surface area contributed by atoms with Crippen molar-refractivity contribution in [2.45, 2.75) is 39.7 Å². The molecule has 0 amide bonds. The molecule has 112 valence electrons. The summed E-state index contributed by atoms with van der Waals surface area (Å²) in [6, 6.07) is 8.75. The number of halogens is 1. The van der Waals surface area contributed by atoms with Crippen molar-refractivity contribution in [1.29, 1.82) is 0 Å². The predicted octanol–water partition coefficient (Wildman–Crippen LogP) is 4.26. The highest BCUT2D eigenvalue weighted by molar-refractivity contribution is 9.10. The highest BCUT2D eigenvalue weighted by atomic mass is 79.9. The first-order valence-electron chi connectivity index (χ1n) is 7.56. The van der Waals surface area contributed by atoms with Gasteiger partial charge in [-0.05, 0) is 43.0 Å². The van der Waals surface area contributed by atoms with Gasteiger partial charge in [-0.1, -0.05) is 42.8 Å². The van der Waals surface area contributed by atoms with E-state index in [1.807, 2.05) is 12.3 Å². The van der Waals surface area contributed by atoms with Gasteiger partial charge in [0.15, 0.2) is 0 Å². The first-order valence-corrected chi connectivity index (χ1v) is 8.35. The van der Waals surface area contributed by atoms with E-state index < -0.39 is 0 Å². The van der Waals surface area contributed by atoms with Crippen LogP contribution in [0.25, 0.3) is 5.69 Å². The van der Waals surface area contributed by atoms with Crippen molar-refractivity contribution in [3.05, 3.63) is 46.2 Å². The Labute approximate surface area is 134 Å². The van der Waals surface area contributed by atoms with Crippen LogP contribution in [-0.2, 0) is 6.42 Å². The molecule has 0 bridgehead atoms. The molecule has 0 fully saturated rings. The minimum absolute atomic E-state index is 0.295. The topological polar surface area (TPSA) is 29.9 Å². The van der Waals surface area contributed by atoms with E-state index >= 15 is 0 Å². The standard InChI is InChI=1S/C17H22BrN3/c1-4-19-15-9-17(2,3)10-16-14(15)11-20-21(16)13-7-5-6-12(18)8-13/h5-8,11,15,19H,4,9-10H2,1-3H3. The zero-order chi connectivity index (χ0) is 15.0. The summed E-state index contributed by atoms with van der Waals surface area (Å²) in [5.74, 6) is 0. The number of aromatic nitrogens is 2. The lowest BCUT2D eigenvalue weighted by Crippen LogP contribution is -2.33. The van der Waals surface area contributed by atoms with Gasteiger partial charge in [-0.2, -0.15) is 5.10 Å². The van der Waals surface area contributed by atoms with Crippen LogP contribution in [-0.4, -0.2) is 16.3 Å². The smallest absolute Gasteiger partial charge is 0.0660 e. The third kappa shape index (κ3) is 2.92. The quantitative estimate of drug-likeness (QED) is 0.898. The van der Waals surface area contributed by atoms with Crippen LogP contribution in [0.4, 0.5) is 0 Å². The monoisotopic (exact) mass is 347 g/mol. The highest BCUT2D eigenvalue weighted by Crippen LogP contribution is 2.41. The first-order chi connectivity index (χ1) is 10.00. The Bertz CT molecular complexity index is 645. The number of fused-ring (bicyclic) bond motifs is 1. The molecule has 1 aromatic carbocycles. The predicted molar refractivity (Wildman–Crippen MR) is 89.8 cm³/mol. The largest absolute Gasteiger partial charge is 0.310 e. The molecule has 0 radical (unpaired) electrons. The molecule has 1 N–H and O–H groups in total. The number of nitrogens with zero attached hydrogens (tertiary/aromatic N) is 2. The molecule has 1 aliphatic carbocycles. The molecule has 0 spiro atoms. The van der Waals surface area contributed by atoms with Crippen LogP contribution in [0.3, 0.4) is 0 Å². The molecule has 0 saturated carbocycles. The van der Waals surface area contributed by atoms with Gasteiger partial charge in [0.25, 0.3) is 0 Å². The SMILES string of the molecule is CCNC1CC(C)(C)Cc2c1cnn2-c1cccc(Br)c1. The maximum atomic E-state index is 4.66. The minimum atomic E-state index is 0.295. The third-order valence-electron chi connectivity index (χ3n) is 4.18. The summed E-state index contributed by atoms with van der Waals surface area (Å²) in [6.07, 6.45) is 4.27. The average Bonchev–Trinajstić information content (AvgIpc) is 2.81. The molecular weight excluding hydrogens is 326 g/mol. The molecule has 1 aliphatic rings. The van der Waals surface area contributed by atoms with Gasteiger partial charge >= 0.3 is 0 Å². The van der Waals surface area contributed by atoms with E-state index in [0.717, 1.165) is 29.5 Å². The van der Waals surface area contributed by atoms with E-state index in [9.17, 15) is 0 Å². The number of benzene rings is 1. The van der Waals surface area contributed by atoms with Gasteiger partial charge in [0.2, 0.25) is 0 Å². The van der Waals surface area contributed by atoms with E-state index in [1.165, 1.54) is 11.3 Å². The maximum Gasteiger partial charge on any atom is 0.0660 e. The van der Waals surface area contributed by atoms with E-state index in [0.29, 0.717) is 11.5 Å². The molecule has 3 nitrogen and oxygen atoms in total. The summed E-state index contributed by atoms with van der Waals surface area (Å²) in [7, 11) is 0. The van der Waals surface area contributed by atoms with Crippen LogP contribution in [0.2, 0.25) is 0 Å². The summed E-state index contributed by atoms with van der Waals surface area (Å²) >= 11 is 3.55. The van der Waals surface area contributed by atoms with E-state index in [2.05, 4.69) is 70.0 Å². The molecule has 1 atom stereocenters. The molecule has 21 heavy (non-hydrogen) atoms. The number of hydrogen-bond donors (Lipinski definition) is 1. The van der Waals surface area contributed by atoms with Gasteiger partial charge in [-0.15, -0.1) is 0 Å². The van der Waals surface area contributed by atoms with Crippen molar-refractivity contribution >= 4 is 15.9 Å². The summed E-state index contributed by atoms with van der Waals surface area (Å²) in [5, 5.41) is 8.27. The van der Waals surface area contributed by atoms with Crippen LogP contribution in [0, 0.1) is 5.41 Å². The van der Waals surface area contributed by atoms with Crippen molar-refractivity contribution in [2.75, 3.05) is 6.54 Å². The van der Waals surface area contributed by atoms with Crippen molar-refractivity contribution in [1.82, 2.24) is 15.1 Å². The normalized spacial score (nSPS) is 20.3. The zero-order valence-electron chi connectivity index (χ0n) is 12.9.